The summed E-state index contributed by atoms with van der Waals surface area (Å²) in [6.07, 6.45) is 0. The van der Waals surface area contributed by atoms with Gasteiger partial charge in [0.2, 0.25) is 0 Å². The third kappa shape index (κ3) is 4.72. The average Bonchev–Trinajstić information content (AvgIpc) is 2.31. The summed E-state index contributed by atoms with van der Waals surface area (Å²) in [7, 11) is 0. The smallest absolute Gasteiger partial charge is 0.319 e. The maximum Gasteiger partial charge on any atom is 0.319 e. The molecule has 0 saturated carbocycles. The van der Waals surface area contributed by atoms with E-state index in [0.29, 0.717) is 10.7 Å². The van der Waals surface area contributed by atoms with Gasteiger partial charge in [-0.2, -0.15) is 0 Å². The number of urea groups is 1. The molecule has 0 atom stereocenters. The number of halogens is 2. The number of nitrogens with one attached hydrogen (secondary N) is 2. The Bertz CT molecular complexity index is 506. The number of carbonyl (C=O) groups is 2. The zero-order chi connectivity index (χ0) is 14.6. The molecule has 0 aromatic heterocycles. The summed E-state index contributed by atoms with van der Waals surface area (Å²) in [6.45, 7) is 3.07. The standard InChI is InChI=1S/C12H14BrClN2O3/c1-12(2,10(17)18)6-15-11(19)16-9-5-7(13)3-4-8(9)14/h3-5H,6H2,1-2H3,(H,17,18)(H2,15,16,19). The first kappa shape index (κ1) is 15.8. The Balaban J connectivity index is 2.61. The molecular weight excluding hydrogens is 336 g/mol. The maximum atomic E-state index is 11.7. The fraction of sp³-hybridized carbons (Fsp3) is 0.333. The lowest BCUT2D eigenvalue weighted by Crippen LogP contribution is -2.40. The number of anilines is 1. The molecular formula is C12H14BrClN2O3. The largest absolute Gasteiger partial charge is 0.481 e. The molecule has 0 heterocycles. The molecule has 7 heteroatoms. The van der Waals surface area contributed by atoms with Crippen molar-refractivity contribution in [2.75, 3.05) is 11.9 Å². The van der Waals surface area contributed by atoms with Crippen molar-refractivity contribution in [2.24, 2.45) is 5.41 Å². The van der Waals surface area contributed by atoms with Gasteiger partial charge < -0.3 is 15.7 Å². The topological polar surface area (TPSA) is 78.4 Å². The summed E-state index contributed by atoms with van der Waals surface area (Å²) in [6, 6.07) is 4.54. The fourth-order valence-corrected chi connectivity index (χ4v) is 1.66. The molecule has 104 valence electrons. The summed E-state index contributed by atoms with van der Waals surface area (Å²) in [5.74, 6) is -0.978. The van der Waals surface area contributed by atoms with Crippen molar-refractivity contribution < 1.29 is 14.7 Å². The fourth-order valence-electron chi connectivity index (χ4n) is 1.14. The van der Waals surface area contributed by atoms with E-state index >= 15 is 0 Å². The van der Waals surface area contributed by atoms with E-state index in [4.69, 9.17) is 16.7 Å². The van der Waals surface area contributed by atoms with Crippen molar-refractivity contribution in [2.45, 2.75) is 13.8 Å². The first-order chi connectivity index (χ1) is 8.72. The number of carboxylic acid groups (broad SMARTS) is 1. The van der Waals surface area contributed by atoms with Gasteiger partial charge in [0.05, 0.1) is 16.1 Å². The molecule has 1 aromatic carbocycles. The highest BCUT2D eigenvalue weighted by Gasteiger charge is 2.27. The van der Waals surface area contributed by atoms with E-state index in [1.807, 2.05) is 0 Å². The lowest BCUT2D eigenvalue weighted by molar-refractivity contribution is -0.146. The Kier molecular flexibility index (Phi) is 5.20. The number of carbonyl (C=O) groups excluding carboxylic acids is 1. The Labute approximate surface area is 124 Å². The van der Waals surface area contributed by atoms with Crippen LogP contribution in [-0.2, 0) is 4.79 Å². The van der Waals surface area contributed by atoms with E-state index in [0.717, 1.165) is 4.47 Å². The van der Waals surface area contributed by atoms with Crippen molar-refractivity contribution in [3.05, 3.63) is 27.7 Å². The van der Waals surface area contributed by atoms with Crippen LogP contribution in [-0.4, -0.2) is 23.7 Å². The SMILES string of the molecule is CC(C)(CNC(=O)Nc1cc(Br)ccc1Cl)C(=O)O. The minimum atomic E-state index is -1.03. The van der Waals surface area contributed by atoms with Crippen LogP contribution in [0.3, 0.4) is 0 Å². The number of benzene rings is 1. The average molecular weight is 350 g/mol. The summed E-state index contributed by atoms with van der Waals surface area (Å²) in [5, 5.41) is 14.4. The Morgan fingerprint density at radius 1 is 1.42 bits per heavy atom. The van der Waals surface area contributed by atoms with Crippen LogP contribution >= 0.6 is 27.5 Å². The maximum absolute atomic E-state index is 11.7. The third-order valence-electron chi connectivity index (χ3n) is 2.45. The molecule has 0 saturated heterocycles. The van der Waals surface area contributed by atoms with Gasteiger partial charge in [-0.05, 0) is 32.0 Å². The molecule has 0 aliphatic heterocycles. The number of amides is 2. The van der Waals surface area contributed by atoms with E-state index in [-0.39, 0.29) is 6.54 Å². The summed E-state index contributed by atoms with van der Waals surface area (Å²) < 4.78 is 0.776. The minimum absolute atomic E-state index is 0.0137. The van der Waals surface area contributed by atoms with Gasteiger partial charge in [-0.3, -0.25) is 4.79 Å². The van der Waals surface area contributed by atoms with Crippen molar-refractivity contribution in [3.8, 4) is 0 Å². The van der Waals surface area contributed by atoms with Crippen molar-refractivity contribution in [1.29, 1.82) is 0 Å². The Morgan fingerprint density at radius 3 is 2.63 bits per heavy atom. The molecule has 1 rings (SSSR count). The second-order valence-corrected chi connectivity index (χ2v) is 5.94. The van der Waals surface area contributed by atoms with Crippen LogP contribution in [0.4, 0.5) is 10.5 Å². The van der Waals surface area contributed by atoms with E-state index in [1.54, 1.807) is 18.2 Å². The molecule has 0 spiro atoms. The quantitative estimate of drug-likeness (QED) is 0.780. The number of carboxylic acids is 1. The lowest BCUT2D eigenvalue weighted by atomic mass is 9.94. The van der Waals surface area contributed by atoms with Gasteiger partial charge in [-0.25, -0.2) is 4.79 Å². The summed E-state index contributed by atoms with van der Waals surface area (Å²) in [4.78, 5) is 22.5. The molecule has 3 N–H and O–H groups in total. The molecule has 0 aliphatic rings. The minimum Gasteiger partial charge on any atom is -0.481 e. The van der Waals surface area contributed by atoms with E-state index < -0.39 is 17.4 Å². The third-order valence-corrected chi connectivity index (χ3v) is 3.27. The van der Waals surface area contributed by atoms with Gasteiger partial charge in [-0.15, -0.1) is 0 Å². The molecule has 1 aromatic rings. The van der Waals surface area contributed by atoms with Crippen LogP contribution in [0.5, 0.6) is 0 Å². The van der Waals surface area contributed by atoms with Gasteiger partial charge in [-0.1, -0.05) is 27.5 Å². The molecule has 19 heavy (non-hydrogen) atoms. The molecule has 0 bridgehead atoms. The molecule has 0 radical (unpaired) electrons. The first-order valence-electron chi connectivity index (χ1n) is 5.45. The van der Waals surface area contributed by atoms with Crippen molar-refractivity contribution in [3.63, 3.8) is 0 Å². The number of hydrogen-bond donors (Lipinski definition) is 3. The highest BCUT2D eigenvalue weighted by molar-refractivity contribution is 9.10. The molecule has 5 nitrogen and oxygen atoms in total. The predicted octanol–water partition coefficient (Wildman–Crippen LogP) is 3.33. The van der Waals surface area contributed by atoms with Crippen LogP contribution in [0.15, 0.2) is 22.7 Å². The van der Waals surface area contributed by atoms with E-state index in [1.165, 1.54) is 13.8 Å². The van der Waals surface area contributed by atoms with Crippen molar-refractivity contribution in [1.82, 2.24) is 5.32 Å². The predicted molar refractivity (Wildman–Crippen MR) is 77.6 cm³/mol. The highest BCUT2D eigenvalue weighted by atomic mass is 79.9. The van der Waals surface area contributed by atoms with E-state index in [9.17, 15) is 9.59 Å². The highest BCUT2D eigenvalue weighted by Crippen LogP contribution is 2.25. The number of rotatable bonds is 4. The van der Waals surface area contributed by atoms with Crippen LogP contribution in [0.1, 0.15) is 13.8 Å². The lowest BCUT2D eigenvalue weighted by Gasteiger charge is -2.19. The first-order valence-corrected chi connectivity index (χ1v) is 6.63. The van der Waals surface area contributed by atoms with Gasteiger partial charge in [0.25, 0.3) is 0 Å². The van der Waals surface area contributed by atoms with Crippen LogP contribution in [0.25, 0.3) is 0 Å². The normalized spacial score (nSPS) is 10.9. The van der Waals surface area contributed by atoms with Crippen LogP contribution < -0.4 is 10.6 Å². The molecule has 0 aliphatic carbocycles. The zero-order valence-electron chi connectivity index (χ0n) is 10.5. The van der Waals surface area contributed by atoms with Gasteiger partial charge in [0.1, 0.15) is 0 Å². The van der Waals surface area contributed by atoms with Gasteiger partial charge in [0, 0.05) is 11.0 Å². The number of hydrogen-bond acceptors (Lipinski definition) is 2. The summed E-state index contributed by atoms with van der Waals surface area (Å²) >= 11 is 9.19. The number of aliphatic carboxylic acids is 1. The van der Waals surface area contributed by atoms with Gasteiger partial charge >= 0.3 is 12.0 Å². The van der Waals surface area contributed by atoms with E-state index in [2.05, 4.69) is 26.6 Å². The Hall–Kier alpha value is -1.27. The van der Waals surface area contributed by atoms with Crippen LogP contribution in [0, 0.1) is 5.41 Å². The zero-order valence-corrected chi connectivity index (χ0v) is 12.8. The molecule has 0 unspecified atom stereocenters. The molecule has 2 amide bonds. The second-order valence-electron chi connectivity index (χ2n) is 4.62. The van der Waals surface area contributed by atoms with Crippen LogP contribution in [0.2, 0.25) is 5.02 Å². The summed E-state index contributed by atoms with van der Waals surface area (Å²) in [5.41, 5.74) is -0.583. The van der Waals surface area contributed by atoms with Crippen molar-refractivity contribution >= 4 is 45.2 Å². The van der Waals surface area contributed by atoms with Gasteiger partial charge in [0.15, 0.2) is 0 Å². The Morgan fingerprint density at radius 2 is 2.05 bits per heavy atom. The molecule has 0 fully saturated rings. The monoisotopic (exact) mass is 348 g/mol. The second kappa shape index (κ2) is 6.25.